The molecule has 0 amide bonds. The van der Waals surface area contributed by atoms with Gasteiger partial charge in [-0.15, -0.1) is 27.7 Å². The maximum atomic E-state index is 2.80. The van der Waals surface area contributed by atoms with Crippen molar-refractivity contribution in [2.75, 3.05) is 0 Å². The Labute approximate surface area is 144 Å². The molecular weight excluding hydrogens is 321 g/mol. The van der Waals surface area contributed by atoms with E-state index < -0.39 is 0 Å². The Morgan fingerprint density at radius 2 is 0.955 bits per heavy atom. The van der Waals surface area contributed by atoms with Crippen LogP contribution >= 0.6 is 27.7 Å². The fourth-order valence-corrected chi connectivity index (χ4v) is 2.74. The first kappa shape index (κ1) is 21.7. The van der Waals surface area contributed by atoms with Gasteiger partial charge in [-0.1, -0.05) is 70.2 Å². The Morgan fingerprint density at radius 3 is 1.32 bits per heavy atom. The van der Waals surface area contributed by atoms with Crippen LogP contribution in [-0.2, 0) is 18.5 Å². The summed E-state index contributed by atoms with van der Waals surface area (Å²) in [5.41, 5.74) is 6.74. The van der Waals surface area contributed by atoms with E-state index in [1.165, 1.54) is 27.8 Å². The van der Waals surface area contributed by atoms with Crippen molar-refractivity contribution in [3.63, 3.8) is 0 Å². The van der Waals surface area contributed by atoms with Crippen LogP contribution in [-0.4, -0.2) is 0 Å². The minimum Gasteiger partial charge on any atom is -0.133 e. The normalized spacial score (nSPS) is 9.23. The maximum absolute atomic E-state index is 2.80. The molecule has 2 aromatic rings. The lowest BCUT2D eigenvalue weighted by molar-refractivity contribution is 1.33. The highest BCUT2D eigenvalue weighted by Gasteiger charge is 2.02. The van der Waals surface area contributed by atoms with Crippen molar-refractivity contribution < 1.29 is 0 Å². The Balaban J connectivity index is 0.00000102. The van der Waals surface area contributed by atoms with E-state index in [1.807, 2.05) is 27.7 Å². The Morgan fingerprint density at radius 1 is 0.545 bits per heavy atom. The standard InChI is InChI=1S/C15H19P3.2C2H6/c16-8-11-1-3-14(4-2-11)15-6-12(9-17)5-13(7-15)10-18;2*1-2/h1-7H,8-10,16-18H2;2*1-2H3. The van der Waals surface area contributed by atoms with Crippen LogP contribution in [0.2, 0.25) is 0 Å². The molecule has 0 aliphatic rings. The smallest absolute Gasteiger partial charge is 0.0128 e. The molecule has 0 aliphatic carbocycles. The third kappa shape index (κ3) is 6.87. The van der Waals surface area contributed by atoms with Crippen molar-refractivity contribution in [2.24, 2.45) is 0 Å². The van der Waals surface area contributed by atoms with Gasteiger partial charge in [-0.05, 0) is 46.3 Å². The molecule has 0 heterocycles. The summed E-state index contributed by atoms with van der Waals surface area (Å²) in [6.45, 7) is 8.00. The fraction of sp³-hybridized carbons (Fsp3) is 0.368. The van der Waals surface area contributed by atoms with Gasteiger partial charge in [-0.2, -0.15) is 0 Å². The Hall–Kier alpha value is -0.270. The summed E-state index contributed by atoms with van der Waals surface area (Å²) >= 11 is 0. The third-order valence-electron chi connectivity index (χ3n) is 3.05. The lowest BCUT2D eigenvalue weighted by Crippen LogP contribution is -1.87. The first-order valence-electron chi connectivity index (χ1n) is 8.09. The zero-order valence-corrected chi connectivity index (χ0v) is 17.9. The van der Waals surface area contributed by atoms with Gasteiger partial charge in [-0.25, -0.2) is 0 Å². The van der Waals surface area contributed by atoms with Gasteiger partial charge in [-0.3, -0.25) is 0 Å². The molecule has 0 fully saturated rings. The molecule has 3 heteroatoms. The molecule has 0 aliphatic heterocycles. The van der Waals surface area contributed by atoms with Crippen LogP contribution in [0.25, 0.3) is 11.1 Å². The summed E-state index contributed by atoms with van der Waals surface area (Å²) in [6.07, 6.45) is 3.03. The van der Waals surface area contributed by atoms with Gasteiger partial charge in [0.2, 0.25) is 0 Å². The zero-order chi connectivity index (χ0) is 17.0. The molecular formula is C19H31P3. The second-order valence-corrected chi connectivity index (χ2v) is 5.57. The van der Waals surface area contributed by atoms with Crippen LogP contribution in [0.3, 0.4) is 0 Å². The number of benzene rings is 2. The van der Waals surface area contributed by atoms with Crippen LogP contribution in [0.4, 0.5) is 0 Å². The largest absolute Gasteiger partial charge is 0.133 e. The molecule has 2 aromatic carbocycles. The first-order chi connectivity index (χ1) is 10.8. The molecule has 0 radical (unpaired) electrons. The second kappa shape index (κ2) is 13.2. The number of rotatable bonds is 4. The number of hydrogen-bond acceptors (Lipinski definition) is 0. The highest BCUT2D eigenvalue weighted by atomic mass is 31.0. The van der Waals surface area contributed by atoms with Crippen molar-refractivity contribution in [1.29, 1.82) is 0 Å². The SMILES string of the molecule is CC.CC.PCc1ccc(-c2cc(CP)cc(CP)c2)cc1. The van der Waals surface area contributed by atoms with Gasteiger partial charge in [0.1, 0.15) is 0 Å². The highest BCUT2D eigenvalue weighted by molar-refractivity contribution is 7.15. The molecule has 0 spiro atoms. The van der Waals surface area contributed by atoms with Crippen LogP contribution in [0.5, 0.6) is 0 Å². The predicted molar refractivity (Wildman–Crippen MR) is 115 cm³/mol. The molecule has 3 unspecified atom stereocenters. The average molecular weight is 352 g/mol. The first-order valence-corrected chi connectivity index (χ1v) is 10.5. The van der Waals surface area contributed by atoms with E-state index in [0.29, 0.717) is 0 Å². The number of hydrogen-bond donors (Lipinski definition) is 0. The maximum Gasteiger partial charge on any atom is -0.0128 e. The second-order valence-electron chi connectivity index (χ2n) is 4.35. The van der Waals surface area contributed by atoms with E-state index in [0.717, 1.165) is 18.5 Å². The summed E-state index contributed by atoms with van der Waals surface area (Å²) in [4.78, 5) is 0. The van der Waals surface area contributed by atoms with Gasteiger partial charge < -0.3 is 0 Å². The Bertz CT molecular complexity index is 496. The molecule has 0 nitrogen and oxygen atoms in total. The van der Waals surface area contributed by atoms with E-state index >= 15 is 0 Å². The van der Waals surface area contributed by atoms with Gasteiger partial charge in [0.25, 0.3) is 0 Å². The molecule has 0 saturated carbocycles. The Kier molecular flexibility index (Phi) is 13.0. The van der Waals surface area contributed by atoms with Gasteiger partial charge in [0.15, 0.2) is 0 Å². The molecule has 0 bridgehead atoms. The fourth-order valence-electron chi connectivity index (χ4n) is 2.00. The van der Waals surface area contributed by atoms with Crippen molar-refractivity contribution in [3.8, 4) is 11.1 Å². The van der Waals surface area contributed by atoms with Crippen LogP contribution in [0.1, 0.15) is 44.4 Å². The molecule has 122 valence electrons. The molecule has 3 atom stereocenters. The van der Waals surface area contributed by atoms with E-state index in [4.69, 9.17) is 0 Å². The van der Waals surface area contributed by atoms with Crippen molar-refractivity contribution in [1.82, 2.24) is 0 Å². The van der Waals surface area contributed by atoms with E-state index in [2.05, 4.69) is 70.2 Å². The summed E-state index contributed by atoms with van der Waals surface area (Å²) in [7, 11) is 8.37. The van der Waals surface area contributed by atoms with Crippen molar-refractivity contribution in [2.45, 2.75) is 46.2 Å². The summed E-state index contributed by atoms with van der Waals surface area (Å²) < 4.78 is 0. The van der Waals surface area contributed by atoms with Crippen LogP contribution in [0, 0.1) is 0 Å². The van der Waals surface area contributed by atoms with E-state index in [-0.39, 0.29) is 0 Å². The minimum absolute atomic E-state index is 1.01. The van der Waals surface area contributed by atoms with Crippen molar-refractivity contribution in [3.05, 3.63) is 59.2 Å². The summed E-state index contributed by atoms with van der Waals surface area (Å²) in [5, 5.41) is 0. The molecule has 2 rings (SSSR count). The predicted octanol–water partition coefficient (Wildman–Crippen LogP) is 6.53. The monoisotopic (exact) mass is 352 g/mol. The summed E-state index contributed by atoms with van der Waals surface area (Å²) in [5.74, 6) is 0. The molecule has 0 N–H and O–H groups in total. The minimum atomic E-state index is 1.01. The van der Waals surface area contributed by atoms with Gasteiger partial charge in [0.05, 0.1) is 0 Å². The molecule has 0 aromatic heterocycles. The highest BCUT2D eigenvalue weighted by Crippen LogP contribution is 2.25. The molecule has 22 heavy (non-hydrogen) atoms. The van der Waals surface area contributed by atoms with Crippen LogP contribution < -0.4 is 0 Å². The summed E-state index contributed by atoms with van der Waals surface area (Å²) in [6, 6.07) is 15.7. The molecule has 0 saturated heterocycles. The van der Waals surface area contributed by atoms with E-state index in [9.17, 15) is 0 Å². The zero-order valence-electron chi connectivity index (χ0n) is 14.4. The lowest BCUT2D eigenvalue weighted by atomic mass is 10.00. The van der Waals surface area contributed by atoms with E-state index in [1.54, 1.807) is 0 Å². The quantitative estimate of drug-likeness (QED) is 0.549. The van der Waals surface area contributed by atoms with Crippen molar-refractivity contribution >= 4 is 27.7 Å². The van der Waals surface area contributed by atoms with Gasteiger partial charge in [0, 0.05) is 0 Å². The average Bonchev–Trinajstić information content (AvgIpc) is 2.64. The van der Waals surface area contributed by atoms with Crippen LogP contribution in [0.15, 0.2) is 42.5 Å². The van der Waals surface area contributed by atoms with Gasteiger partial charge >= 0.3 is 0 Å². The lowest BCUT2D eigenvalue weighted by Gasteiger charge is -2.08. The third-order valence-corrected chi connectivity index (χ3v) is 4.46. The topological polar surface area (TPSA) is 0 Å².